The van der Waals surface area contributed by atoms with E-state index in [0.29, 0.717) is 51.9 Å². The lowest BCUT2D eigenvalue weighted by Crippen LogP contribution is -2.43. The number of carbonyl (C=O) groups is 3. The summed E-state index contributed by atoms with van der Waals surface area (Å²) < 4.78 is 5.31. The lowest BCUT2D eigenvalue weighted by Gasteiger charge is -2.27. The van der Waals surface area contributed by atoms with Crippen LogP contribution in [0.4, 0.5) is 5.69 Å². The van der Waals surface area contributed by atoms with Gasteiger partial charge in [-0.3, -0.25) is 14.4 Å². The second-order valence-electron chi connectivity index (χ2n) is 9.14. The molecule has 184 valence electrons. The topological polar surface area (TPSA) is 87.8 Å². The molecule has 2 atom stereocenters. The predicted octanol–water partition coefficient (Wildman–Crippen LogP) is 5.73. The number of carbonyl (C=O) groups excluding carboxylic acids is 3. The number of ketones is 2. The molecule has 36 heavy (non-hydrogen) atoms. The first-order valence-electron chi connectivity index (χ1n) is 11.7. The molecule has 0 bridgehead atoms. The Balaban J connectivity index is 1.44. The minimum atomic E-state index is -2.14. The zero-order chi connectivity index (χ0) is 25.4. The summed E-state index contributed by atoms with van der Waals surface area (Å²) >= 11 is 12.5. The van der Waals surface area contributed by atoms with E-state index in [1.54, 1.807) is 48.5 Å². The minimum absolute atomic E-state index is 0.113. The number of furan rings is 1. The summed E-state index contributed by atoms with van der Waals surface area (Å²) in [6, 6.07) is 15.3. The molecule has 2 aliphatic rings. The van der Waals surface area contributed by atoms with Crippen LogP contribution in [0.5, 0.6) is 0 Å². The molecule has 6 nitrogen and oxygen atoms in total. The molecule has 1 aliphatic carbocycles. The van der Waals surface area contributed by atoms with Gasteiger partial charge in [-0.2, -0.15) is 0 Å². The van der Waals surface area contributed by atoms with Crippen molar-refractivity contribution in [3.8, 4) is 0 Å². The summed E-state index contributed by atoms with van der Waals surface area (Å²) in [5.74, 6) is -1.82. The molecule has 0 unspecified atom stereocenters. The van der Waals surface area contributed by atoms with E-state index in [1.165, 1.54) is 17.2 Å². The maximum Gasteiger partial charge on any atom is 0.264 e. The second-order valence-corrected chi connectivity index (χ2v) is 9.99. The fraction of sp³-hybridized carbons (Fsp3) is 0.250. The molecule has 0 radical (unpaired) electrons. The van der Waals surface area contributed by atoms with Crippen LogP contribution in [0.2, 0.25) is 10.0 Å². The number of hydrogen-bond acceptors (Lipinski definition) is 5. The molecule has 2 aromatic carbocycles. The SMILES string of the molecule is O=C(C[C@@]1(O)C(=O)N(Cc2ccccc2Cl)c2ccc(Cl)cc21)[C@@H]1CCC/C(=C/c2ccco2)C1=O. The highest BCUT2D eigenvalue weighted by Crippen LogP contribution is 2.45. The molecule has 3 aromatic rings. The molecule has 5 rings (SSSR count). The van der Waals surface area contributed by atoms with Gasteiger partial charge in [0.1, 0.15) is 11.5 Å². The van der Waals surface area contributed by atoms with Crippen molar-refractivity contribution >= 4 is 52.4 Å². The number of halogens is 2. The van der Waals surface area contributed by atoms with Gasteiger partial charge in [-0.25, -0.2) is 0 Å². The fourth-order valence-electron chi connectivity index (χ4n) is 4.99. The maximum atomic E-state index is 13.6. The normalized spacial score (nSPS) is 22.8. The Morgan fingerprint density at radius 3 is 2.69 bits per heavy atom. The zero-order valence-corrected chi connectivity index (χ0v) is 20.8. The number of anilines is 1. The lowest BCUT2D eigenvalue weighted by molar-refractivity contribution is -0.145. The van der Waals surface area contributed by atoms with Crippen LogP contribution in [-0.2, 0) is 26.5 Å². The number of aliphatic hydroxyl groups is 1. The van der Waals surface area contributed by atoms with Crippen molar-refractivity contribution in [3.05, 3.63) is 93.4 Å². The molecule has 0 saturated heterocycles. The van der Waals surface area contributed by atoms with Gasteiger partial charge in [-0.15, -0.1) is 0 Å². The van der Waals surface area contributed by atoms with Gasteiger partial charge in [0.2, 0.25) is 0 Å². The van der Waals surface area contributed by atoms with E-state index in [-0.39, 0.29) is 17.9 Å². The van der Waals surface area contributed by atoms with Crippen LogP contribution in [-0.4, -0.2) is 22.6 Å². The number of allylic oxidation sites excluding steroid dienone is 1. The molecule has 1 N–H and O–H groups in total. The van der Waals surface area contributed by atoms with E-state index in [0.717, 1.165) is 0 Å². The molecule has 0 spiro atoms. The highest BCUT2D eigenvalue weighted by molar-refractivity contribution is 6.31. The van der Waals surface area contributed by atoms with Crippen LogP contribution in [0.3, 0.4) is 0 Å². The Hall–Kier alpha value is -3.19. The minimum Gasteiger partial charge on any atom is -0.465 e. The van der Waals surface area contributed by atoms with Crippen molar-refractivity contribution in [2.75, 3.05) is 4.90 Å². The third-order valence-electron chi connectivity index (χ3n) is 6.83. The van der Waals surface area contributed by atoms with Crippen LogP contribution in [0, 0.1) is 5.92 Å². The standard InChI is InChI=1S/C28H23Cl2NO5/c29-19-10-11-24-22(14-19)28(35,27(34)31(24)16-18-5-1-2-9-23(18)30)15-25(32)21-8-3-6-17(26(21)33)13-20-7-4-12-36-20/h1-2,4-5,7,9-14,21,35H,3,6,8,15-16H2/b17-13-/t21-,28-/m0/s1. The van der Waals surface area contributed by atoms with Crippen LogP contribution in [0.25, 0.3) is 6.08 Å². The Morgan fingerprint density at radius 1 is 1.14 bits per heavy atom. The Kier molecular flexibility index (Phi) is 6.60. The van der Waals surface area contributed by atoms with Crippen molar-refractivity contribution in [2.24, 2.45) is 5.92 Å². The first-order chi connectivity index (χ1) is 17.3. The number of hydrogen-bond donors (Lipinski definition) is 1. The smallest absolute Gasteiger partial charge is 0.264 e. The van der Waals surface area contributed by atoms with Gasteiger partial charge >= 0.3 is 0 Å². The first kappa shape index (κ1) is 24.5. The molecule has 1 saturated carbocycles. The number of amides is 1. The van der Waals surface area contributed by atoms with E-state index in [2.05, 4.69) is 0 Å². The molecular formula is C28H23Cl2NO5. The van der Waals surface area contributed by atoms with E-state index < -0.39 is 29.6 Å². The van der Waals surface area contributed by atoms with Crippen molar-refractivity contribution in [2.45, 2.75) is 37.8 Å². The van der Waals surface area contributed by atoms with Crippen LogP contribution < -0.4 is 4.90 Å². The molecule has 1 aromatic heterocycles. The van der Waals surface area contributed by atoms with Crippen LogP contribution in [0.1, 0.15) is 42.6 Å². The van der Waals surface area contributed by atoms with Gasteiger partial charge in [0.15, 0.2) is 11.4 Å². The lowest BCUT2D eigenvalue weighted by atomic mass is 9.77. The van der Waals surface area contributed by atoms with Gasteiger partial charge in [0.05, 0.1) is 24.4 Å². The summed E-state index contributed by atoms with van der Waals surface area (Å²) in [6.07, 6.45) is 4.18. The third-order valence-corrected chi connectivity index (χ3v) is 7.43. The van der Waals surface area contributed by atoms with Crippen LogP contribution >= 0.6 is 23.2 Å². The monoisotopic (exact) mass is 523 g/mol. The van der Waals surface area contributed by atoms with Gasteiger partial charge in [0, 0.05) is 22.0 Å². The first-order valence-corrected chi connectivity index (χ1v) is 12.4. The predicted molar refractivity (Wildman–Crippen MR) is 137 cm³/mol. The largest absolute Gasteiger partial charge is 0.465 e. The Labute approximate surface area is 218 Å². The Morgan fingerprint density at radius 2 is 1.94 bits per heavy atom. The summed E-state index contributed by atoms with van der Waals surface area (Å²) in [5, 5.41) is 12.5. The zero-order valence-electron chi connectivity index (χ0n) is 19.2. The molecular weight excluding hydrogens is 501 g/mol. The van der Waals surface area contributed by atoms with Crippen molar-refractivity contribution in [1.82, 2.24) is 0 Å². The van der Waals surface area contributed by atoms with Gasteiger partial charge in [-0.05, 0) is 72.9 Å². The van der Waals surface area contributed by atoms with Crippen molar-refractivity contribution in [3.63, 3.8) is 0 Å². The third kappa shape index (κ3) is 4.41. The molecule has 1 fully saturated rings. The number of Topliss-reactive ketones (excluding diaryl/α,β-unsaturated/α-hetero) is 2. The van der Waals surface area contributed by atoms with E-state index in [4.69, 9.17) is 27.6 Å². The summed E-state index contributed by atoms with van der Waals surface area (Å²) in [4.78, 5) is 41.6. The fourth-order valence-corrected chi connectivity index (χ4v) is 5.36. The second kappa shape index (κ2) is 9.69. The van der Waals surface area contributed by atoms with Crippen molar-refractivity contribution < 1.29 is 23.9 Å². The molecule has 1 aliphatic heterocycles. The number of nitrogens with zero attached hydrogens (tertiary/aromatic N) is 1. The van der Waals surface area contributed by atoms with E-state index in [9.17, 15) is 19.5 Å². The Bertz CT molecular complexity index is 1380. The highest BCUT2D eigenvalue weighted by Gasteiger charge is 2.52. The molecule has 8 heteroatoms. The maximum absolute atomic E-state index is 13.6. The average Bonchev–Trinajstić information content (AvgIpc) is 3.43. The number of fused-ring (bicyclic) bond motifs is 1. The highest BCUT2D eigenvalue weighted by atomic mass is 35.5. The molecule has 1 amide bonds. The quantitative estimate of drug-likeness (QED) is 0.329. The van der Waals surface area contributed by atoms with Crippen LogP contribution in [0.15, 0.2) is 70.9 Å². The van der Waals surface area contributed by atoms with E-state index >= 15 is 0 Å². The van der Waals surface area contributed by atoms with E-state index in [1.807, 2.05) is 6.07 Å². The summed E-state index contributed by atoms with van der Waals surface area (Å²) in [7, 11) is 0. The summed E-state index contributed by atoms with van der Waals surface area (Å²) in [6.45, 7) is 0.113. The van der Waals surface area contributed by atoms with Gasteiger partial charge in [0.25, 0.3) is 5.91 Å². The van der Waals surface area contributed by atoms with Crippen molar-refractivity contribution in [1.29, 1.82) is 0 Å². The van der Waals surface area contributed by atoms with Gasteiger partial charge < -0.3 is 14.4 Å². The summed E-state index contributed by atoms with van der Waals surface area (Å²) in [5.41, 5.74) is -0.244. The van der Waals surface area contributed by atoms with Gasteiger partial charge in [-0.1, -0.05) is 41.4 Å². The number of benzene rings is 2. The molecule has 2 heterocycles. The number of rotatable bonds is 6. The average molecular weight is 524 g/mol.